The molecule has 88 valence electrons. The first-order valence-electron chi connectivity index (χ1n) is 5.63. The van der Waals surface area contributed by atoms with E-state index in [-0.39, 0.29) is 0 Å². The Morgan fingerprint density at radius 1 is 1.06 bits per heavy atom. The number of hydrogen-bond donors (Lipinski definition) is 1. The van der Waals surface area contributed by atoms with Crippen molar-refractivity contribution in [3.05, 3.63) is 47.5 Å². The van der Waals surface area contributed by atoms with Crippen LogP contribution in [-0.2, 0) is 0 Å². The summed E-state index contributed by atoms with van der Waals surface area (Å²) < 4.78 is 5.16. The predicted molar refractivity (Wildman–Crippen MR) is 72.3 cm³/mol. The fourth-order valence-corrected chi connectivity index (χ4v) is 1.97. The van der Waals surface area contributed by atoms with Crippen LogP contribution in [0.1, 0.15) is 11.1 Å². The largest absolute Gasteiger partial charge is 0.495 e. The summed E-state index contributed by atoms with van der Waals surface area (Å²) in [6.45, 7) is 4.25. The van der Waals surface area contributed by atoms with Crippen molar-refractivity contribution in [2.24, 2.45) is 0 Å². The first kappa shape index (κ1) is 11.5. The van der Waals surface area contributed by atoms with Crippen LogP contribution in [-0.4, -0.2) is 7.11 Å². The number of rotatable bonds is 2. The van der Waals surface area contributed by atoms with Crippen LogP contribution in [0, 0.1) is 13.8 Å². The average molecular weight is 227 g/mol. The van der Waals surface area contributed by atoms with Crippen molar-refractivity contribution in [2.45, 2.75) is 13.8 Å². The van der Waals surface area contributed by atoms with Gasteiger partial charge in [0.05, 0.1) is 12.8 Å². The van der Waals surface area contributed by atoms with Crippen LogP contribution in [0.15, 0.2) is 36.4 Å². The molecule has 0 aliphatic carbocycles. The van der Waals surface area contributed by atoms with E-state index in [4.69, 9.17) is 10.5 Å². The molecule has 2 N–H and O–H groups in total. The number of nitrogens with two attached hydrogens (primary N) is 1. The Morgan fingerprint density at radius 2 is 1.82 bits per heavy atom. The van der Waals surface area contributed by atoms with Crippen LogP contribution in [0.5, 0.6) is 5.75 Å². The minimum Gasteiger partial charge on any atom is -0.495 e. The molecule has 2 nitrogen and oxygen atoms in total. The Labute approximate surface area is 102 Å². The van der Waals surface area contributed by atoms with Gasteiger partial charge in [-0.1, -0.05) is 24.3 Å². The molecule has 2 aromatic carbocycles. The molecule has 2 heteroatoms. The minimum absolute atomic E-state index is 0.672. The van der Waals surface area contributed by atoms with E-state index >= 15 is 0 Å². The Balaban J connectivity index is 2.54. The molecular formula is C15H17NO. The maximum Gasteiger partial charge on any atom is 0.141 e. The van der Waals surface area contributed by atoms with Gasteiger partial charge in [-0.2, -0.15) is 0 Å². The second-order valence-corrected chi connectivity index (χ2v) is 4.20. The van der Waals surface area contributed by atoms with Crippen LogP contribution < -0.4 is 10.5 Å². The normalized spacial score (nSPS) is 10.3. The van der Waals surface area contributed by atoms with Crippen molar-refractivity contribution in [1.82, 2.24) is 0 Å². The maximum absolute atomic E-state index is 5.93. The number of anilines is 1. The van der Waals surface area contributed by atoms with Gasteiger partial charge in [0, 0.05) is 0 Å². The molecule has 0 saturated carbocycles. The molecule has 0 fully saturated rings. The van der Waals surface area contributed by atoms with Crippen LogP contribution in [0.4, 0.5) is 5.69 Å². The maximum atomic E-state index is 5.93. The molecule has 0 bridgehead atoms. The van der Waals surface area contributed by atoms with E-state index in [1.54, 1.807) is 7.11 Å². The van der Waals surface area contributed by atoms with Crippen molar-refractivity contribution in [1.29, 1.82) is 0 Å². The summed E-state index contributed by atoms with van der Waals surface area (Å²) in [6.07, 6.45) is 0. The highest BCUT2D eigenvalue weighted by Gasteiger charge is 2.06. The molecule has 0 aliphatic rings. The molecular weight excluding hydrogens is 210 g/mol. The first-order chi connectivity index (χ1) is 8.13. The van der Waals surface area contributed by atoms with Gasteiger partial charge < -0.3 is 10.5 Å². The SMILES string of the molecule is COc1ccc(-c2cccc(C)c2C)cc1N. The van der Waals surface area contributed by atoms with Gasteiger partial charge in [-0.15, -0.1) is 0 Å². The number of nitrogen functional groups attached to an aromatic ring is 1. The topological polar surface area (TPSA) is 35.2 Å². The molecule has 0 atom stereocenters. The predicted octanol–water partition coefficient (Wildman–Crippen LogP) is 3.56. The third kappa shape index (κ3) is 2.11. The molecule has 0 unspecified atom stereocenters. The van der Waals surface area contributed by atoms with Crippen LogP contribution in [0.2, 0.25) is 0 Å². The zero-order valence-electron chi connectivity index (χ0n) is 10.4. The van der Waals surface area contributed by atoms with Crippen LogP contribution in [0.25, 0.3) is 11.1 Å². The van der Waals surface area contributed by atoms with Gasteiger partial charge in [-0.3, -0.25) is 0 Å². The standard InChI is InChI=1S/C15H17NO/c1-10-5-4-6-13(11(10)2)12-7-8-15(17-3)14(16)9-12/h4-9H,16H2,1-3H3. The van der Waals surface area contributed by atoms with E-state index in [2.05, 4.69) is 32.0 Å². The smallest absolute Gasteiger partial charge is 0.141 e. The van der Waals surface area contributed by atoms with E-state index in [1.165, 1.54) is 16.7 Å². The monoisotopic (exact) mass is 227 g/mol. The van der Waals surface area contributed by atoms with Gasteiger partial charge >= 0.3 is 0 Å². The van der Waals surface area contributed by atoms with Crippen molar-refractivity contribution in [3.63, 3.8) is 0 Å². The van der Waals surface area contributed by atoms with Crippen LogP contribution >= 0.6 is 0 Å². The number of methoxy groups -OCH3 is 1. The molecule has 0 amide bonds. The third-order valence-corrected chi connectivity index (χ3v) is 3.15. The van der Waals surface area contributed by atoms with Gasteiger partial charge in [0.25, 0.3) is 0 Å². The molecule has 0 radical (unpaired) electrons. The highest BCUT2D eigenvalue weighted by Crippen LogP contribution is 2.30. The highest BCUT2D eigenvalue weighted by molar-refractivity contribution is 5.73. The van der Waals surface area contributed by atoms with E-state index in [1.807, 2.05) is 18.2 Å². The second-order valence-electron chi connectivity index (χ2n) is 4.20. The zero-order valence-corrected chi connectivity index (χ0v) is 10.4. The van der Waals surface area contributed by atoms with Crippen molar-refractivity contribution in [3.8, 4) is 16.9 Å². The first-order valence-corrected chi connectivity index (χ1v) is 5.63. The number of benzene rings is 2. The Hall–Kier alpha value is -1.96. The number of aryl methyl sites for hydroxylation is 1. The summed E-state index contributed by atoms with van der Waals surface area (Å²) in [5.74, 6) is 0.721. The number of hydrogen-bond acceptors (Lipinski definition) is 2. The summed E-state index contributed by atoms with van der Waals surface area (Å²) >= 11 is 0. The lowest BCUT2D eigenvalue weighted by molar-refractivity contribution is 0.417. The lowest BCUT2D eigenvalue weighted by atomic mass is 9.97. The molecule has 2 rings (SSSR count). The fraction of sp³-hybridized carbons (Fsp3) is 0.200. The van der Waals surface area contributed by atoms with Crippen molar-refractivity contribution < 1.29 is 4.74 Å². The van der Waals surface area contributed by atoms with Crippen LogP contribution in [0.3, 0.4) is 0 Å². The summed E-state index contributed by atoms with van der Waals surface area (Å²) in [6, 6.07) is 12.2. The van der Waals surface area contributed by atoms with E-state index < -0.39 is 0 Å². The Kier molecular flexibility index (Phi) is 3.05. The zero-order chi connectivity index (χ0) is 12.4. The van der Waals surface area contributed by atoms with Crippen molar-refractivity contribution >= 4 is 5.69 Å². The van der Waals surface area contributed by atoms with Gasteiger partial charge in [0.1, 0.15) is 5.75 Å². The highest BCUT2D eigenvalue weighted by atomic mass is 16.5. The van der Waals surface area contributed by atoms with Gasteiger partial charge in [-0.05, 0) is 48.2 Å². The van der Waals surface area contributed by atoms with E-state index in [0.717, 1.165) is 11.3 Å². The lowest BCUT2D eigenvalue weighted by Crippen LogP contribution is -1.93. The second kappa shape index (κ2) is 4.50. The quantitative estimate of drug-likeness (QED) is 0.796. The molecule has 0 aliphatic heterocycles. The summed E-state index contributed by atoms with van der Waals surface area (Å²) in [7, 11) is 1.63. The molecule has 0 saturated heterocycles. The van der Waals surface area contributed by atoms with Gasteiger partial charge in [0.2, 0.25) is 0 Å². The molecule has 2 aromatic rings. The molecule has 17 heavy (non-hydrogen) atoms. The summed E-state index contributed by atoms with van der Waals surface area (Å²) in [5.41, 5.74) is 11.5. The van der Waals surface area contributed by atoms with Crippen molar-refractivity contribution in [2.75, 3.05) is 12.8 Å². The Bertz CT molecular complexity index is 547. The number of ether oxygens (including phenoxy) is 1. The molecule has 0 spiro atoms. The third-order valence-electron chi connectivity index (χ3n) is 3.15. The fourth-order valence-electron chi connectivity index (χ4n) is 1.97. The Morgan fingerprint density at radius 3 is 2.47 bits per heavy atom. The summed E-state index contributed by atoms with van der Waals surface area (Å²) in [5, 5.41) is 0. The van der Waals surface area contributed by atoms with Gasteiger partial charge in [0.15, 0.2) is 0 Å². The minimum atomic E-state index is 0.672. The van der Waals surface area contributed by atoms with E-state index in [9.17, 15) is 0 Å². The van der Waals surface area contributed by atoms with Gasteiger partial charge in [-0.25, -0.2) is 0 Å². The molecule has 0 heterocycles. The summed E-state index contributed by atoms with van der Waals surface area (Å²) in [4.78, 5) is 0. The van der Waals surface area contributed by atoms with E-state index in [0.29, 0.717) is 5.69 Å². The lowest BCUT2D eigenvalue weighted by Gasteiger charge is -2.11. The average Bonchev–Trinajstić information content (AvgIpc) is 2.32. The molecule has 0 aromatic heterocycles.